The maximum atomic E-state index is 10.5. The lowest BCUT2D eigenvalue weighted by Gasteiger charge is -2.15. The van der Waals surface area contributed by atoms with Gasteiger partial charge in [-0.2, -0.15) is 0 Å². The second kappa shape index (κ2) is 27.3. The standard InChI is InChI=1S/C44H62I2N2O4/c1-3-5-7-9-11-13-15-17-19-21-27-51-43-31-39(47-33-35-29-37(45)23-25-41(35)49)40(48-34-36-30-38(46)24-26-42(36)50)32-44(43)52-28-22-20-18-16-14-12-10-8-6-4-2/h23-26,29-34,49-50H,3-22,27-28H2,1-2H3. The molecule has 3 rings (SSSR count). The van der Waals surface area contributed by atoms with Crippen molar-refractivity contribution in [3.63, 3.8) is 0 Å². The molecule has 0 aromatic heterocycles. The summed E-state index contributed by atoms with van der Waals surface area (Å²) in [6.45, 7) is 5.74. The van der Waals surface area contributed by atoms with Crippen molar-refractivity contribution in [3.8, 4) is 23.0 Å². The predicted molar refractivity (Wildman–Crippen MR) is 237 cm³/mol. The maximum Gasteiger partial charge on any atom is 0.163 e. The molecule has 0 heterocycles. The number of benzene rings is 3. The third kappa shape index (κ3) is 18.1. The van der Waals surface area contributed by atoms with Crippen LogP contribution in [0, 0.1) is 7.14 Å². The van der Waals surface area contributed by atoms with Gasteiger partial charge in [0.15, 0.2) is 11.5 Å². The molecule has 3 aromatic rings. The number of unbranched alkanes of at least 4 members (excludes halogenated alkanes) is 18. The van der Waals surface area contributed by atoms with Crippen LogP contribution in [-0.4, -0.2) is 35.9 Å². The number of rotatable bonds is 28. The highest BCUT2D eigenvalue weighted by atomic mass is 127. The molecule has 0 unspecified atom stereocenters. The first-order valence-electron chi connectivity index (χ1n) is 19.9. The SMILES string of the molecule is CCCCCCCCCCCCOc1cc(N=Cc2cc(I)ccc2O)c(N=Cc2cc(I)ccc2O)cc1OCCCCCCCCCCCC. The van der Waals surface area contributed by atoms with E-state index in [4.69, 9.17) is 19.5 Å². The highest BCUT2D eigenvalue weighted by Crippen LogP contribution is 2.41. The summed E-state index contributed by atoms with van der Waals surface area (Å²) in [5.41, 5.74) is 2.41. The van der Waals surface area contributed by atoms with Gasteiger partial charge >= 0.3 is 0 Å². The van der Waals surface area contributed by atoms with E-state index < -0.39 is 0 Å². The molecule has 0 fully saturated rings. The number of halogens is 2. The van der Waals surface area contributed by atoms with Gasteiger partial charge in [0.2, 0.25) is 0 Å². The van der Waals surface area contributed by atoms with Crippen LogP contribution in [0.15, 0.2) is 58.5 Å². The molecule has 8 heteroatoms. The first-order valence-corrected chi connectivity index (χ1v) is 22.1. The average molecular weight is 937 g/mol. The first kappa shape index (κ1) is 44.1. The Morgan fingerprint density at radius 2 is 0.808 bits per heavy atom. The molecular formula is C44H62I2N2O4. The van der Waals surface area contributed by atoms with Gasteiger partial charge in [-0.1, -0.05) is 129 Å². The Morgan fingerprint density at radius 3 is 1.15 bits per heavy atom. The summed E-state index contributed by atoms with van der Waals surface area (Å²) in [6.07, 6.45) is 28.7. The molecule has 0 saturated carbocycles. The van der Waals surface area contributed by atoms with Crippen molar-refractivity contribution in [1.29, 1.82) is 0 Å². The first-order chi connectivity index (χ1) is 25.4. The monoisotopic (exact) mass is 936 g/mol. The Morgan fingerprint density at radius 1 is 0.481 bits per heavy atom. The van der Waals surface area contributed by atoms with E-state index in [1.54, 1.807) is 24.6 Å². The van der Waals surface area contributed by atoms with E-state index in [0.717, 1.165) is 32.8 Å². The predicted octanol–water partition coefficient (Wildman–Crippen LogP) is 14.4. The van der Waals surface area contributed by atoms with Crippen molar-refractivity contribution in [3.05, 3.63) is 66.8 Å². The van der Waals surface area contributed by atoms with Crippen LogP contribution in [0.2, 0.25) is 0 Å². The summed E-state index contributed by atoms with van der Waals surface area (Å²) in [6, 6.07) is 14.6. The number of phenols is 2. The summed E-state index contributed by atoms with van der Waals surface area (Å²) >= 11 is 4.45. The number of aromatic hydroxyl groups is 2. The zero-order chi connectivity index (χ0) is 37.2. The van der Waals surface area contributed by atoms with Crippen molar-refractivity contribution < 1.29 is 19.7 Å². The van der Waals surface area contributed by atoms with E-state index in [1.165, 1.54) is 103 Å². The smallest absolute Gasteiger partial charge is 0.163 e. The lowest BCUT2D eigenvalue weighted by molar-refractivity contribution is 0.258. The summed E-state index contributed by atoms with van der Waals surface area (Å²) in [7, 11) is 0. The number of nitrogens with zero attached hydrogens (tertiary/aromatic N) is 2. The molecule has 0 saturated heterocycles. The summed E-state index contributed by atoms with van der Waals surface area (Å²) < 4.78 is 14.8. The Bertz CT molecular complexity index is 1380. The van der Waals surface area contributed by atoms with Gasteiger partial charge in [-0.15, -0.1) is 0 Å². The minimum absolute atomic E-state index is 0.159. The van der Waals surface area contributed by atoms with Gasteiger partial charge in [0.25, 0.3) is 0 Å². The fraction of sp³-hybridized carbons (Fsp3) is 0.545. The Hall–Kier alpha value is -2.34. The van der Waals surface area contributed by atoms with Gasteiger partial charge in [-0.3, -0.25) is 9.98 Å². The fourth-order valence-electron chi connectivity index (χ4n) is 6.05. The lowest BCUT2D eigenvalue weighted by atomic mass is 10.1. The Balaban J connectivity index is 1.74. The van der Waals surface area contributed by atoms with Crippen LogP contribution in [0.25, 0.3) is 0 Å². The van der Waals surface area contributed by atoms with Crippen molar-refractivity contribution in [1.82, 2.24) is 0 Å². The van der Waals surface area contributed by atoms with Crippen LogP contribution < -0.4 is 9.47 Å². The molecule has 3 aromatic carbocycles. The molecule has 2 N–H and O–H groups in total. The second-order valence-electron chi connectivity index (χ2n) is 13.8. The topological polar surface area (TPSA) is 83.6 Å². The highest BCUT2D eigenvalue weighted by Gasteiger charge is 2.13. The van der Waals surface area contributed by atoms with Crippen LogP contribution in [0.3, 0.4) is 0 Å². The number of ether oxygens (including phenoxy) is 2. The van der Waals surface area contributed by atoms with Gasteiger partial charge in [-0.25, -0.2) is 0 Å². The van der Waals surface area contributed by atoms with Gasteiger partial charge < -0.3 is 19.7 Å². The van der Waals surface area contributed by atoms with Gasteiger partial charge in [0.1, 0.15) is 11.5 Å². The number of hydrogen-bond acceptors (Lipinski definition) is 6. The molecule has 6 nitrogen and oxygen atoms in total. The van der Waals surface area contributed by atoms with E-state index in [1.807, 2.05) is 36.4 Å². The summed E-state index contributed by atoms with van der Waals surface area (Å²) in [4.78, 5) is 9.59. The normalized spacial score (nSPS) is 11.6. The van der Waals surface area contributed by atoms with Crippen LogP contribution in [0.5, 0.6) is 23.0 Å². The maximum absolute atomic E-state index is 10.5. The number of aliphatic imine (C=N–C) groups is 2. The van der Waals surface area contributed by atoms with Crippen LogP contribution >= 0.6 is 45.2 Å². The molecule has 0 radical (unpaired) electrons. The third-order valence-corrected chi connectivity index (χ3v) is 10.6. The van der Waals surface area contributed by atoms with Crippen molar-refractivity contribution in [2.75, 3.05) is 13.2 Å². The molecular weight excluding hydrogens is 874 g/mol. The lowest BCUT2D eigenvalue weighted by Crippen LogP contribution is -2.03. The Kier molecular flexibility index (Phi) is 23.1. The molecule has 0 aliphatic carbocycles. The molecule has 0 amide bonds. The van der Waals surface area contributed by atoms with Gasteiger partial charge in [-0.05, 0) is 94.4 Å². The van der Waals surface area contributed by atoms with E-state index in [2.05, 4.69) is 59.0 Å². The van der Waals surface area contributed by atoms with E-state index in [0.29, 0.717) is 47.2 Å². The van der Waals surface area contributed by atoms with Crippen molar-refractivity contribution in [2.24, 2.45) is 9.98 Å². The van der Waals surface area contributed by atoms with Crippen LogP contribution in [0.4, 0.5) is 11.4 Å². The van der Waals surface area contributed by atoms with Crippen molar-refractivity contribution in [2.45, 2.75) is 142 Å². The quantitative estimate of drug-likeness (QED) is 0.0432. The molecule has 0 spiro atoms. The highest BCUT2D eigenvalue weighted by molar-refractivity contribution is 14.1. The van der Waals surface area contributed by atoms with Gasteiger partial charge in [0.05, 0.1) is 24.6 Å². The van der Waals surface area contributed by atoms with E-state index >= 15 is 0 Å². The fourth-order valence-corrected chi connectivity index (χ4v) is 7.08. The summed E-state index contributed by atoms with van der Waals surface area (Å²) in [5.74, 6) is 1.62. The Labute approximate surface area is 341 Å². The molecule has 0 aliphatic heterocycles. The molecule has 0 atom stereocenters. The van der Waals surface area contributed by atoms with Crippen molar-refractivity contribution >= 4 is 69.0 Å². The van der Waals surface area contributed by atoms with Crippen LogP contribution in [-0.2, 0) is 0 Å². The zero-order valence-corrected chi connectivity index (χ0v) is 36.0. The van der Waals surface area contributed by atoms with E-state index in [-0.39, 0.29) is 11.5 Å². The summed E-state index contributed by atoms with van der Waals surface area (Å²) in [5, 5.41) is 21.0. The average Bonchev–Trinajstić information content (AvgIpc) is 3.14. The zero-order valence-electron chi connectivity index (χ0n) is 31.7. The largest absolute Gasteiger partial charge is 0.507 e. The minimum Gasteiger partial charge on any atom is -0.507 e. The third-order valence-electron chi connectivity index (χ3n) is 9.22. The minimum atomic E-state index is 0.159. The molecule has 0 aliphatic rings. The molecule has 286 valence electrons. The van der Waals surface area contributed by atoms with E-state index in [9.17, 15) is 10.2 Å². The molecule has 0 bridgehead atoms. The molecule has 52 heavy (non-hydrogen) atoms. The van der Waals surface area contributed by atoms with Gasteiger partial charge in [0, 0.05) is 42.8 Å². The number of phenolic OH excluding ortho intramolecular Hbond substituents is 2. The van der Waals surface area contributed by atoms with Crippen LogP contribution in [0.1, 0.15) is 153 Å². The number of hydrogen-bond donors (Lipinski definition) is 2. The second-order valence-corrected chi connectivity index (χ2v) is 16.3.